The van der Waals surface area contributed by atoms with Gasteiger partial charge in [-0.25, -0.2) is 14.4 Å². The Labute approximate surface area is 164 Å². The molecule has 28 heavy (non-hydrogen) atoms. The third-order valence-corrected chi connectivity index (χ3v) is 4.93. The van der Waals surface area contributed by atoms with Gasteiger partial charge in [-0.15, -0.1) is 0 Å². The average Bonchev–Trinajstić information content (AvgIpc) is 2.70. The predicted octanol–water partition coefficient (Wildman–Crippen LogP) is 3.42. The van der Waals surface area contributed by atoms with Gasteiger partial charge in [-0.05, 0) is 43.7 Å². The molecule has 0 radical (unpaired) electrons. The van der Waals surface area contributed by atoms with Crippen LogP contribution in [0, 0.1) is 6.92 Å². The summed E-state index contributed by atoms with van der Waals surface area (Å²) in [5.74, 6) is 1.03. The van der Waals surface area contributed by atoms with E-state index in [1.807, 2.05) is 30.0 Å². The summed E-state index contributed by atoms with van der Waals surface area (Å²) < 4.78 is 13.1. The van der Waals surface area contributed by atoms with Crippen molar-refractivity contribution in [2.75, 3.05) is 37.8 Å². The number of aliphatic hydroxyl groups excluding tert-OH is 1. The number of rotatable bonds is 4. The van der Waals surface area contributed by atoms with Crippen molar-refractivity contribution in [2.24, 2.45) is 0 Å². The van der Waals surface area contributed by atoms with Gasteiger partial charge in [0.15, 0.2) is 5.82 Å². The number of hydrogen-bond acceptors (Lipinski definition) is 5. The van der Waals surface area contributed by atoms with Crippen LogP contribution in [0.1, 0.15) is 25.2 Å². The molecule has 7 heteroatoms. The summed E-state index contributed by atoms with van der Waals surface area (Å²) in [5, 5.41) is 11.1. The van der Waals surface area contributed by atoms with Gasteiger partial charge in [0, 0.05) is 38.5 Å². The monoisotopic (exact) mass is 384 g/mol. The quantitative estimate of drug-likeness (QED) is 0.646. The van der Waals surface area contributed by atoms with Crippen LogP contribution in [0.25, 0.3) is 16.5 Å². The second kappa shape index (κ2) is 8.37. The zero-order chi connectivity index (χ0) is 20.3. The Morgan fingerprint density at radius 1 is 1.25 bits per heavy atom. The molecule has 1 aromatic heterocycles. The van der Waals surface area contributed by atoms with Crippen molar-refractivity contribution < 1.29 is 14.3 Å². The number of allylic oxidation sites excluding steroid dienone is 3. The minimum atomic E-state index is -0.727. The van der Waals surface area contributed by atoms with E-state index in [0.29, 0.717) is 26.2 Å². The topological polar surface area (TPSA) is 69.6 Å². The van der Waals surface area contributed by atoms with Gasteiger partial charge in [-0.1, -0.05) is 6.07 Å². The van der Waals surface area contributed by atoms with E-state index in [0.717, 1.165) is 22.3 Å². The summed E-state index contributed by atoms with van der Waals surface area (Å²) in [5.41, 5.74) is 2.07. The molecule has 1 amide bonds. The highest BCUT2D eigenvalue weighted by atomic mass is 19.1. The first kappa shape index (κ1) is 19.8. The molecule has 1 aliphatic rings. The largest absolute Gasteiger partial charge is 0.508 e. The van der Waals surface area contributed by atoms with Gasteiger partial charge in [0.25, 0.3) is 0 Å². The van der Waals surface area contributed by atoms with Crippen LogP contribution in [0.5, 0.6) is 0 Å². The van der Waals surface area contributed by atoms with E-state index in [4.69, 9.17) is 0 Å². The van der Waals surface area contributed by atoms with E-state index in [-0.39, 0.29) is 23.1 Å². The molecule has 1 saturated heterocycles. The molecular formula is C21H25FN4O2. The molecule has 3 rings (SSSR count). The molecule has 148 valence electrons. The van der Waals surface area contributed by atoms with Gasteiger partial charge < -0.3 is 14.9 Å². The fourth-order valence-corrected chi connectivity index (χ4v) is 3.36. The molecule has 0 saturated carbocycles. The number of aromatic nitrogens is 2. The van der Waals surface area contributed by atoms with E-state index >= 15 is 0 Å². The molecule has 1 aromatic carbocycles. The van der Waals surface area contributed by atoms with Crippen molar-refractivity contribution in [1.29, 1.82) is 0 Å². The number of aliphatic hydroxyl groups is 1. The van der Waals surface area contributed by atoms with Crippen LogP contribution >= 0.6 is 0 Å². The molecule has 2 aromatic rings. The Balaban J connectivity index is 2.11. The minimum Gasteiger partial charge on any atom is -0.508 e. The Bertz CT molecular complexity index is 947. The summed E-state index contributed by atoms with van der Waals surface area (Å²) in [6.07, 6.45) is 2.78. The van der Waals surface area contributed by atoms with Crippen LogP contribution < -0.4 is 4.90 Å². The SMILES string of the molecule is C/C=C(O)\C(=C/CF)c1nc(N2CCN(C(C)=O)CC2)c2ccc(C)cc2n1. The highest BCUT2D eigenvalue weighted by Gasteiger charge is 2.23. The number of alkyl halides is 1. The number of amides is 1. The number of nitrogens with zero attached hydrogens (tertiary/aromatic N) is 4. The van der Waals surface area contributed by atoms with Crippen LogP contribution in [-0.2, 0) is 4.79 Å². The maximum absolute atomic E-state index is 13.1. The lowest BCUT2D eigenvalue weighted by molar-refractivity contribution is -0.129. The van der Waals surface area contributed by atoms with Crippen molar-refractivity contribution in [3.05, 3.63) is 47.5 Å². The van der Waals surface area contributed by atoms with E-state index in [2.05, 4.69) is 14.9 Å². The van der Waals surface area contributed by atoms with Crippen LogP contribution in [0.3, 0.4) is 0 Å². The molecule has 2 heterocycles. The lowest BCUT2D eigenvalue weighted by Crippen LogP contribution is -2.48. The first-order chi connectivity index (χ1) is 13.4. The molecule has 1 aliphatic heterocycles. The highest BCUT2D eigenvalue weighted by molar-refractivity contribution is 5.92. The van der Waals surface area contributed by atoms with Crippen molar-refractivity contribution in [3.63, 3.8) is 0 Å². The number of halogens is 1. The van der Waals surface area contributed by atoms with Gasteiger partial charge in [-0.2, -0.15) is 0 Å². The molecule has 0 unspecified atom stereocenters. The fourth-order valence-electron chi connectivity index (χ4n) is 3.36. The van der Waals surface area contributed by atoms with E-state index < -0.39 is 6.67 Å². The second-order valence-corrected chi connectivity index (χ2v) is 6.83. The van der Waals surface area contributed by atoms with Gasteiger partial charge in [0.2, 0.25) is 5.91 Å². The van der Waals surface area contributed by atoms with Crippen molar-refractivity contribution in [3.8, 4) is 0 Å². The number of carbonyl (C=O) groups excluding carboxylic acids is 1. The lowest BCUT2D eigenvalue weighted by Gasteiger charge is -2.35. The van der Waals surface area contributed by atoms with Gasteiger partial charge in [0.1, 0.15) is 18.3 Å². The highest BCUT2D eigenvalue weighted by Crippen LogP contribution is 2.29. The number of carbonyl (C=O) groups is 1. The zero-order valence-corrected chi connectivity index (χ0v) is 16.4. The zero-order valence-electron chi connectivity index (χ0n) is 16.4. The minimum absolute atomic E-state index is 0.0583. The van der Waals surface area contributed by atoms with Crippen molar-refractivity contribution in [1.82, 2.24) is 14.9 Å². The first-order valence-corrected chi connectivity index (χ1v) is 9.35. The Morgan fingerprint density at radius 2 is 1.96 bits per heavy atom. The molecule has 0 bridgehead atoms. The summed E-state index contributed by atoms with van der Waals surface area (Å²) in [6.45, 7) is 7.04. The molecule has 0 aliphatic carbocycles. The maximum atomic E-state index is 13.1. The first-order valence-electron chi connectivity index (χ1n) is 9.35. The summed E-state index contributed by atoms with van der Waals surface area (Å²) in [6, 6.07) is 5.94. The number of anilines is 1. The molecular weight excluding hydrogens is 359 g/mol. The van der Waals surface area contributed by atoms with Crippen molar-refractivity contribution >= 4 is 28.2 Å². The third-order valence-electron chi connectivity index (χ3n) is 4.93. The number of fused-ring (bicyclic) bond motifs is 1. The fraction of sp³-hybridized carbons (Fsp3) is 0.381. The second-order valence-electron chi connectivity index (χ2n) is 6.83. The van der Waals surface area contributed by atoms with Gasteiger partial charge in [0.05, 0.1) is 11.1 Å². The standard InChI is InChI=1S/C21H25FN4O2/c1-4-19(28)17(7-8-22)20-23-18-13-14(2)5-6-16(18)21(24-20)26-11-9-25(10-12-26)15(3)27/h4-7,13,28H,8-12H2,1-3H3/b17-7+,19-4+. The summed E-state index contributed by atoms with van der Waals surface area (Å²) >= 11 is 0. The average molecular weight is 384 g/mol. The molecule has 0 atom stereocenters. The Hall–Kier alpha value is -2.96. The summed E-state index contributed by atoms with van der Waals surface area (Å²) in [4.78, 5) is 24.8. The number of piperazine rings is 1. The molecule has 6 nitrogen and oxygen atoms in total. The van der Waals surface area contributed by atoms with Crippen LogP contribution in [0.15, 0.2) is 36.1 Å². The van der Waals surface area contributed by atoms with E-state index in [1.54, 1.807) is 13.8 Å². The normalized spacial score (nSPS) is 16.0. The third kappa shape index (κ3) is 3.98. The van der Waals surface area contributed by atoms with Crippen LogP contribution in [-0.4, -0.2) is 58.7 Å². The maximum Gasteiger partial charge on any atom is 0.219 e. The number of aryl methyl sites for hydroxylation is 1. The van der Waals surface area contributed by atoms with Gasteiger partial charge in [-0.3, -0.25) is 4.79 Å². The van der Waals surface area contributed by atoms with Crippen LogP contribution in [0.4, 0.5) is 10.2 Å². The predicted molar refractivity (Wildman–Crippen MR) is 109 cm³/mol. The smallest absolute Gasteiger partial charge is 0.219 e. The molecule has 0 spiro atoms. The number of benzene rings is 1. The number of hydrogen-bond donors (Lipinski definition) is 1. The van der Waals surface area contributed by atoms with Crippen LogP contribution in [0.2, 0.25) is 0 Å². The Morgan fingerprint density at radius 3 is 2.57 bits per heavy atom. The lowest BCUT2D eigenvalue weighted by atomic mass is 10.1. The molecule has 1 N–H and O–H groups in total. The summed E-state index contributed by atoms with van der Waals surface area (Å²) in [7, 11) is 0. The Kier molecular flexibility index (Phi) is 5.92. The van der Waals surface area contributed by atoms with Gasteiger partial charge >= 0.3 is 0 Å². The molecule has 1 fully saturated rings. The van der Waals surface area contributed by atoms with E-state index in [1.165, 1.54) is 12.2 Å². The van der Waals surface area contributed by atoms with E-state index in [9.17, 15) is 14.3 Å². The van der Waals surface area contributed by atoms with Crippen molar-refractivity contribution in [2.45, 2.75) is 20.8 Å².